The summed E-state index contributed by atoms with van der Waals surface area (Å²) >= 11 is 0. The summed E-state index contributed by atoms with van der Waals surface area (Å²) in [6.07, 6.45) is 3.38. The molecule has 0 saturated carbocycles. The summed E-state index contributed by atoms with van der Waals surface area (Å²) in [7, 11) is 0. The van der Waals surface area contributed by atoms with Crippen molar-refractivity contribution in [2.24, 2.45) is 0 Å². The lowest BCUT2D eigenvalue weighted by Gasteiger charge is -2.24. The van der Waals surface area contributed by atoms with Crippen molar-refractivity contribution in [1.82, 2.24) is 9.97 Å². The van der Waals surface area contributed by atoms with Crippen molar-refractivity contribution >= 4 is 11.1 Å². The second-order valence-corrected chi connectivity index (χ2v) is 6.55. The Kier molecular flexibility index (Phi) is 2.53. The third-order valence-electron chi connectivity index (χ3n) is 2.80. The zero-order valence-electron chi connectivity index (χ0n) is 11.5. The van der Waals surface area contributed by atoms with Crippen LogP contribution in [-0.2, 0) is 10.8 Å². The first-order valence-corrected chi connectivity index (χ1v) is 5.95. The first kappa shape index (κ1) is 12.1. The fraction of sp³-hybridized carbons (Fsp3) is 0.571. The maximum absolute atomic E-state index is 5.94. The summed E-state index contributed by atoms with van der Waals surface area (Å²) in [5, 5.41) is 1.03. The van der Waals surface area contributed by atoms with Gasteiger partial charge in [0, 0.05) is 17.2 Å². The van der Waals surface area contributed by atoms with Crippen molar-refractivity contribution in [2.75, 3.05) is 0 Å². The Labute approximate surface area is 102 Å². The summed E-state index contributed by atoms with van der Waals surface area (Å²) in [5.74, 6) is 1.01. The minimum absolute atomic E-state index is 0.0245. The molecule has 3 nitrogen and oxygen atoms in total. The number of rotatable bonds is 0. The zero-order chi connectivity index (χ0) is 12.8. The number of fused-ring (bicyclic) bond motifs is 1. The normalized spacial score (nSPS) is 13.3. The van der Waals surface area contributed by atoms with Gasteiger partial charge in [0.2, 0.25) is 5.71 Å². The molecule has 0 saturated heterocycles. The summed E-state index contributed by atoms with van der Waals surface area (Å²) in [6.45, 7) is 13.1. The molecule has 0 N–H and O–H groups in total. The van der Waals surface area contributed by atoms with Crippen LogP contribution in [0.25, 0.3) is 11.1 Å². The van der Waals surface area contributed by atoms with E-state index in [1.165, 1.54) is 11.9 Å². The van der Waals surface area contributed by atoms with Gasteiger partial charge >= 0.3 is 0 Å². The number of hydrogen-bond acceptors (Lipinski definition) is 3. The summed E-state index contributed by atoms with van der Waals surface area (Å²) in [5.41, 5.74) is 1.91. The maximum Gasteiger partial charge on any atom is 0.229 e. The van der Waals surface area contributed by atoms with Crippen LogP contribution in [0.4, 0.5) is 0 Å². The predicted octanol–water partition coefficient (Wildman–Crippen LogP) is 3.82. The molecule has 17 heavy (non-hydrogen) atoms. The van der Waals surface area contributed by atoms with Crippen LogP contribution in [0, 0.1) is 0 Å². The molecule has 2 heterocycles. The second-order valence-electron chi connectivity index (χ2n) is 6.55. The van der Waals surface area contributed by atoms with Crippen molar-refractivity contribution in [2.45, 2.75) is 52.4 Å². The van der Waals surface area contributed by atoms with Crippen LogP contribution >= 0.6 is 0 Å². The molecule has 0 aliphatic carbocycles. The highest BCUT2D eigenvalue weighted by Crippen LogP contribution is 2.39. The van der Waals surface area contributed by atoms with Gasteiger partial charge in [-0.1, -0.05) is 41.5 Å². The molecule has 0 amide bonds. The molecule has 0 atom stereocenters. The van der Waals surface area contributed by atoms with Gasteiger partial charge in [0.05, 0.1) is 5.39 Å². The molecule has 0 aromatic carbocycles. The van der Waals surface area contributed by atoms with E-state index in [0.717, 1.165) is 11.1 Å². The Balaban J connectivity index is 2.84. The smallest absolute Gasteiger partial charge is 0.229 e. The molecule has 0 aliphatic rings. The summed E-state index contributed by atoms with van der Waals surface area (Å²) in [6, 6.07) is 0. The van der Waals surface area contributed by atoms with Gasteiger partial charge < -0.3 is 4.42 Å². The Bertz CT molecular complexity index is 541. The number of nitrogens with zero attached hydrogens (tertiary/aromatic N) is 2. The molecule has 0 aliphatic heterocycles. The van der Waals surface area contributed by atoms with Crippen molar-refractivity contribution in [3.8, 4) is 0 Å². The van der Waals surface area contributed by atoms with Gasteiger partial charge in [-0.3, -0.25) is 0 Å². The van der Waals surface area contributed by atoms with Crippen LogP contribution in [-0.4, -0.2) is 9.97 Å². The van der Waals surface area contributed by atoms with E-state index in [1.54, 1.807) is 0 Å². The van der Waals surface area contributed by atoms with Gasteiger partial charge in [0.25, 0.3) is 0 Å². The van der Waals surface area contributed by atoms with E-state index in [4.69, 9.17) is 4.42 Å². The Morgan fingerprint density at radius 3 is 2.18 bits per heavy atom. The quantitative estimate of drug-likeness (QED) is 0.693. The Morgan fingerprint density at radius 2 is 1.65 bits per heavy atom. The zero-order valence-corrected chi connectivity index (χ0v) is 11.5. The lowest BCUT2D eigenvalue weighted by Crippen LogP contribution is -2.20. The van der Waals surface area contributed by atoms with Gasteiger partial charge in [-0.15, -0.1) is 0 Å². The Morgan fingerprint density at radius 1 is 1.00 bits per heavy atom. The molecular formula is C14H20N2O. The summed E-state index contributed by atoms with van der Waals surface area (Å²) in [4.78, 5) is 8.32. The van der Waals surface area contributed by atoms with Crippen molar-refractivity contribution < 1.29 is 4.42 Å². The highest BCUT2D eigenvalue weighted by Gasteiger charge is 2.31. The minimum atomic E-state index is -0.0245. The predicted molar refractivity (Wildman–Crippen MR) is 69.2 cm³/mol. The van der Waals surface area contributed by atoms with Crippen molar-refractivity contribution in [1.29, 1.82) is 0 Å². The molecule has 0 radical (unpaired) electrons. The van der Waals surface area contributed by atoms with Crippen LogP contribution in [0.1, 0.15) is 52.9 Å². The van der Waals surface area contributed by atoms with Crippen LogP contribution < -0.4 is 0 Å². The SMILES string of the molecule is CC(C)(C)c1oc2ncncc2c1C(C)(C)C. The molecular weight excluding hydrogens is 212 g/mol. The van der Waals surface area contributed by atoms with Crippen molar-refractivity contribution in [3.63, 3.8) is 0 Å². The minimum Gasteiger partial charge on any atom is -0.442 e. The Hall–Kier alpha value is -1.38. The molecule has 92 valence electrons. The average Bonchev–Trinajstić information content (AvgIpc) is 2.54. The van der Waals surface area contributed by atoms with Crippen LogP contribution in [0.2, 0.25) is 0 Å². The fourth-order valence-electron chi connectivity index (χ4n) is 2.11. The highest BCUT2D eigenvalue weighted by molar-refractivity contribution is 5.79. The molecule has 0 bridgehead atoms. The van der Waals surface area contributed by atoms with E-state index in [0.29, 0.717) is 5.71 Å². The third-order valence-corrected chi connectivity index (χ3v) is 2.80. The second kappa shape index (κ2) is 3.56. The van der Waals surface area contributed by atoms with E-state index in [9.17, 15) is 0 Å². The van der Waals surface area contributed by atoms with Crippen LogP contribution in [0.5, 0.6) is 0 Å². The average molecular weight is 232 g/mol. The largest absolute Gasteiger partial charge is 0.442 e. The standard InChI is InChI=1S/C14H20N2O/c1-13(2,3)10-9-7-15-8-16-12(9)17-11(10)14(4,5)6/h7-8H,1-6H3. The van der Waals surface area contributed by atoms with E-state index >= 15 is 0 Å². The number of aromatic nitrogens is 2. The molecule has 2 aromatic rings. The topological polar surface area (TPSA) is 38.9 Å². The number of furan rings is 1. The lowest BCUT2D eigenvalue weighted by atomic mass is 9.79. The van der Waals surface area contributed by atoms with Crippen LogP contribution in [0.15, 0.2) is 16.9 Å². The number of hydrogen-bond donors (Lipinski definition) is 0. The monoisotopic (exact) mass is 232 g/mol. The van der Waals surface area contributed by atoms with Gasteiger partial charge in [0.1, 0.15) is 12.1 Å². The fourth-order valence-corrected chi connectivity index (χ4v) is 2.11. The van der Waals surface area contributed by atoms with Gasteiger partial charge in [-0.05, 0) is 5.41 Å². The van der Waals surface area contributed by atoms with Gasteiger partial charge in [-0.25, -0.2) is 9.97 Å². The van der Waals surface area contributed by atoms with E-state index in [-0.39, 0.29) is 10.8 Å². The molecule has 3 heteroatoms. The first-order valence-electron chi connectivity index (χ1n) is 5.95. The molecule has 0 spiro atoms. The molecule has 0 unspecified atom stereocenters. The van der Waals surface area contributed by atoms with E-state index in [1.807, 2.05) is 6.20 Å². The highest BCUT2D eigenvalue weighted by atomic mass is 16.3. The van der Waals surface area contributed by atoms with Crippen molar-refractivity contribution in [3.05, 3.63) is 23.8 Å². The van der Waals surface area contributed by atoms with Crippen LogP contribution in [0.3, 0.4) is 0 Å². The van der Waals surface area contributed by atoms with Gasteiger partial charge in [-0.2, -0.15) is 0 Å². The van der Waals surface area contributed by atoms with E-state index in [2.05, 4.69) is 51.5 Å². The van der Waals surface area contributed by atoms with Gasteiger partial charge in [0.15, 0.2) is 0 Å². The summed E-state index contributed by atoms with van der Waals surface area (Å²) < 4.78 is 5.94. The third kappa shape index (κ3) is 2.06. The van der Waals surface area contributed by atoms with E-state index < -0.39 is 0 Å². The lowest BCUT2D eigenvalue weighted by molar-refractivity contribution is 0.406. The molecule has 2 aromatic heterocycles. The molecule has 0 fully saturated rings. The first-order chi connectivity index (χ1) is 7.71. The maximum atomic E-state index is 5.94. The molecule has 2 rings (SSSR count).